The molecule has 0 radical (unpaired) electrons. The molecule has 0 aliphatic rings. The highest BCUT2D eigenvalue weighted by molar-refractivity contribution is 7.11. The first-order valence-electron chi connectivity index (χ1n) is 4.01. The predicted molar refractivity (Wildman–Crippen MR) is 49.2 cm³/mol. The Hall–Kier alpha value is -0.550. The smallest absolute Gasteiger partial charge is 0.295 e. The van der Waals surface area contributed by atoms with Gasteiger partial charge >= 0.3 is 0 Å². The van der Waals surface area contributed by atoms with E-state index in [0.717, 1.165) is 16.3 Å². The van der Waals surface area contributed by atoms with E-state index in [4.69, 9.17) is 5.73 Å². The second-order valence-electron chi connectivity index (χ2n) is 3.13. The lowest BCUT2D eigenvalue weighted by atomic mass is 10.2. The van der Waals surface area contributed by atoms with Crippen LogP contribution >= 0.6 is 11.3 Å². The molecule has 0 saturated heterocycles. The van der Waals surface area contributed by atoms with Crippen LogP contribution in [0.1, 0.15) is 29.7 Å². The first kappa shape index (κ1) is 10.5. The van der Waals surface area contributed by atoms with Crippen molar-refractivity contribution in [2.75, 3.05) is 6.54 Å². The van der Waals surface area contributed by atoms with Crippen molar-refractivity contribution in [3.8, 4) is 0 Å². The fraction of sp³-hybridized carbons (Fsp3) is 0.625. The lowest BCUT2D eigenvalue weighted by molar-refractivity contribution is 0.00968. The van der Waals surface area contributed by atoms with Crippen LogP contribution in [0, 0.1) is 0 Å². The van der Waals surface area contributed by atoms with Gasteiger partial charge in [-0.25, -0.2) is 4.98 Å². The fourth-order valence-electron chi connectivity index (χ4n) is 0.824. The average molecular weight is 206 g/mol. The first-order valence-corrected chi connectivity index (χ1v) is 4.83. The van der Waals surface area contributed by atoms with Crippen LogP contribution in [-0.4, -0.2) is 11.5 Å². The standard InChI is InChI=1S/C8H12F2N2S/c1-5(2)7-12-3-6(13-7)8(9,10)4-11/h3,5H,4,11H2,1-2H3. The molecular weight excluding hydrogens is 194 g/mol. The van der Waals surface area contributed by atoms with E-state index < -0.39 is 12.5 Å². The zero-order chi connectivity index (χ0) is 10.1. The van der Waals surface area contributed by atoms with Crippen molar-refractivity contribution in [2.24, 2.45) is 5.73 Å². The molecule has 5 heteroatoms. The van der Waals surface area contributed by atoms with Gasteiger partial charge in [-0.05, 0) is 0 Å². The summed E-state index contributed by atoms with van der Waals surface area (Å²) >= 11 is 1.03. The number of hydrogen-bond acceptors (Lipinski definition) is 3. The van der Waals surface area contributed by atoms with Gasteiger partial charge in [-0.15, -0.1) is 11.3 Å². The third-order valence-electron chi connectivity index (χ3n) is 1.63. The Morgan fingerprint density at radius 1 is 1.62 bits per heavy atom. The molecule has 0 atom stereocenters. The minimum atomic E-state index is -2.93. The van der Waals surface area contributed by atoms with Gasteiger partial charge < -0.3 is 5.73 Å². The minimum absolute atomic E-state index is 0.0429. The Labute approximate surface area is 79.8 Å². The number of nitrogens with zero attached hydrogens (tertiary/aromatic N) is 1. The quantitative estimate of drug-likeness (QED) is 0.824. The summed E-state index contributed by atoms with van der Waals surface area (Å²) < 4.78 is 26.0. The predicted octanol–water partition coefficient (Wildman–Crippen LogP) is 2.32. The second-order valence-corrected chi connectivity index (χ2v) is 4.19. The first-order chi connectivity index (χ1) is 5.97. The Morgan fingerprint density at radius 2 is 2.23 bits per heavy atom. The number of aromatic nitrogens is 1. The lowest BCUT2D eigenvalue weighted by Gasteiger charge is -2.09. The average Bonchev–Trinajstić information content (AvgIpc) is 2.52. The Bertz CT molecular complexity index is 283. The van der Waals surface area contributed by atoms with Crippen LogP contribution in [0.25, 0.3) is 0 Å². The highest BCUT2D eigenvalue weighted by Crippen LogP contribution is 2.33. The van der Waals surface area contributed by atoms with E-state index in [1.165, 1.54) is 6.20 Å². The van der Waals surface area contributed by atoms with E-state index in [9.17, 15) is 8.78 Å². The number of alkyl halides is 2. The molecule has 1 aromatic heterocycles. The zero-order valence-corrected chi connectivity index (χ0v) is 8.37. The van der Waals surface area contributed by atoms with E-state index in [1.54, 1.807) is 0 Å². The highest BCUT2D eigenvalue weighted by atomic mass is 32.1. The molecule has 0 bridgehead atoms. The number of halogens is 2. The molecule has 1 heterocycles. The Kier molecular flexibility index (Phi) is 2.98. The summed E-state index contributed by atoms with van der Waals surface area (Å²) in [5, 5.41) is 0.725. The molecule has 0 unspecified atom stereocenters. The molecule has 1 aromatic rings. The van der Waals surface area contributed by atoms with E-state index in [1.807, 2.05) is 13.8 Å². The SMILES string of the molecule is CC(C)c1ncc(C(F)(F)CN)s1. The van der Waals surface area contributed by atoms with Gasteiger partial charge in [-0.2, -0.15) is 8.78 Å². The van der Waals surface area contributed by atoms with Crippen molar-refractivity contribution in [1.82, 2.24) is 4.98 Å². The van der Waals surface area contributed by atoms with Gasteiger partial charge in [0.2, 0.25) is 0 Å². The zero-order valence-electron chi connectivity index (χ0n) is 7.55. The molecule has 74 valence electrons. The second kappa shape index (κ2) is 3.67. The molecule has 0 aliphatic heterocycles. The normalized spacial score (nSPS) is 12.5. The van der Waals surface area contributed by atoms with Crippen LogP contribution in [0.2, 0.25) is 0 Å². The topological polar surface area (TPSA) is 38.9 Å². The molecule has 0 amide bonds. The van der Waals surface area contributed by atoms with Gasteiger partial charge in [-0.3, -0.25) is 0 Å². The van der Waals surface area contributed by atoms with Crippen LogP contribution in [-0.2, 0) is 5.92 Å². The Morgan fingerprint density at radius 3 is 2.62 bits per heavy atom. The molecule has 13 heavy (non-hydrogen) atoms. The molecular formula is C8H12F2N2S. The van der Waals surface area contributed by atoms with Gasteiger partial charge in [0.15, 0.2) is 0 Å². The van der Waals surface area contributed by atoms with Crippen molar-refractivity contribution >= 4 is 11.3 Å². The lowest BCUT2D eigenvalue weighted by Crippen LogP contribution is -2.23. The summed E-state index contributed by atoms with van der Waals surface area (Å²) in [7, 11) is 0. The molecule has 0 aromatic carbocycles. The van der Waals surface area contributed by atoms with Gasteiger partial charge in [0.25, 0.3) is 5.92 Å². The molecule has 0 aliphatic carbocycles. The van der Waals surface area contributed by atoms with E-state index in [0.29, 0.717) is 0 Å². The van der Waals surface area contributed by atoms with Crippen LogP contribution in [0.5, 0.6) is 0 Å². The molecule has 0 fully saturated rings. The number of thiazole rings is 1. The van der Waals surface area contributed by atoms with Crippen molar-refractivity contribution in [1.29, 1.82) is 0 Å². The number of rotatable bonds is 3. The molecule has 0 saturated carbocycles. The fourth-order valence-corrected chi connectivity index (χ4v) is 1.73. The number of hydrogen-bond donors (Lipinski definition) is 1. The third-order valence-corrected chi connectivity index (χ3v) is 3.04. The maximum atomic E-state index is 13.0. The van der Waals surface area contributed by atoms with Crippen LogP contribution in [0.3, 0.4) is 0 Å². The van der Waals surface area contributed by atoms with E-state index in [2.05, 4.69) is 4.98 Å². The summed E-state index contributed by atoms with van der Waals surface area (Å²) in [4.78, 5) is 3.87. The largest absolute Gasteiger partial charge is 0.325 e. The summed E-state index contributed by atoms with van der Waals surface area (Å²) in [5.41, 5.74) is 4.95. The van der Waals surface area contributed by atoms with Crippen LogP contribution < -0.4 is 5.73 Å². The van der Waals surface area contributed by atoms with Crippen molar-refractivity contribution in [2.45, 2.75) is 25.7 Å². The molecule has 0 spiro atoms. The van der Waals surface area contributed by atoms with Crippen LogP contribution in [0.4, 0.5) is 8.78 Å². The summed E-state index contributed by atoms with van der Waals surface area (Å²) in [6.07, 6.45) is 1.22. The number of nitrogens with two attached hydrogens (primary N) is 1. The maximum Gasteiger partial charge on any atom is 0.295 e. The highest BCUT2D eigenvalue weighted by Gasteiger charge is 2.32. The van der Waals surface area contributed by atoms with Gasteiger partial charge in [0.05, 0.1) is 16.4 Å². The molecule has 1 rings (SSSR count). The molecule has 2 N–H and O–H groups in total. The van der Waals surface area contributed by atoms with Gasteiger partial charge in [-0.1, -0.05) is 13.8 Å². The summed E-state index contributed by atoms with van der Waals surface area (Å²) in [6.45, 7) is 3.18. The Balaban J connectivity index is 2.91. The van der Waals surface area contributed by atoms with Crippen molar-refractivity contribution < 1.29 is 8.78 Å². The van der Waals surface area contributed by atoms with Crippen molar-refractivity contribution in [3.63, 3.8) is 0 Å². The third kappa shape index (κ3) is 2.22. The monoisotopic (exact) mass is 206 g/mol. The maximum absolute atomic E-state index is 13.0. The van der Waals surface area contributed by atoms with Crippen molar-refractivity contribution in [3.05, 3.63) is 16.1 Å². The van der Waals surface area contributed by atoms with Gasteiger partial charge in [0.1, 0.15) is 0 Å². The summed E-state index contributed by atoms with van der Waals surface area (Å²) in [5.74, 6) is -2.74. The van der Waals surface area contributed by atoms with Gasteiger partial charge in [0, 0.05) is 12.1 Å². The van der Waals surface area contributed by atoms with E-state index in [-0.39, 0.29) is 10.8 Å². The van der Waals surface area contributed by atoms with Crippen LogP contribution in [0.15, 0.2) is 6.20 Å². The summed E-state index contributed by atoms with van der Waals surface area (Å²) in [6, 6.07) is 0. The molecule has 2 nitrogen and oxygen atoms in total. The minimum Gasteiger partial charge on any atom is -0.325 e. The van der Waals surface area contributed by atoms with E-state index >= 15 is 0 Å².